The summed E-state index contributed by atoms with van der Waals surface area (Å²) in [5.41, 5.74) is 0.0539. The number of nitrogens with zero attached hydrogens (tertiary/aromatic N) is 2. The summed E-state index contributed by atoms with van der Waals surface area (Å²) in [5.74, 6) is 0.447. The normalized spacial score (nSPS) is 31.6. The van der Waals surface area contributed by atoms with Crippen LogP contribution < -0.4 is 5.32 Å². The molecule has 0 aromatic carbocycles. The largest absolute Gasteiger partial charge is 0.341 e. The van der Waals surface area contributed by atoms with Gasteiger partial charge in [0.2, 0.25) is 5.91 Å². The second-order valence-corrected chi connectivity index (χ2v) is 6.11. The molecule has 1 aliphatic carbocycles. The molecule has 1 atom stereocenters. The van der Waals surface area contributed by atoms with Gasteiger partial charge in [-0.25, -0.2) is 0 Å². The van der Waals surface area contributed by atoms with Gasteiger partial charge in [0.15, 0.2) is 0 Å². The summed E-state index contributed by atoms with van der Waals surface area (Å²) in [6.07, 6.45) is 4.44. The fourth-order valence-corrected chi connectivity index (χ4v) is 3.48. The van der Waals surface area contributed by atoms with Crippen molar-refractivity contribution in [2.24, 2.45) is 5.41 Å². The number of rotatable bonds is 3. The van der Waals surface area contributed by atoms with Gasteiger partial charge in [-0.3, -0.25) is 9.69 Å². The van der Waals surface area contributed by atoms with E-state index in [1.807, 2.05) is 0 Å². The van der Waals surface area contributed by atoms with Crippen molar-refractivity contribution >= 4 is 5.91 Å². The average molecular weight is 251 g/mol. The lowest BCUT2D eigenvalue weighted by atomic mass is 10.0. The fraction of sp³-hybridized carbons (Fsp3) is 0.929. The van der Waals surface area contributed by atoms with Crippen LogP contribution in [-0.4, -0.2) is 61.0 Å². The highest BCUT2D eigenvalue weighted by atomic mass is 16.2. The first-order valence-corrected chi connectivity index (χ1v) is 7.49. The molecule has 3 rings (SSSR count). The standard InChI is InChI=1S/C14H25N3O/c1-2-14(4-5-14)13(18)17-8-3-12(11-17)16-9-6-15-7-10-16/h12,15H,2-11H2,1H3. The molecule has 0 spiro atoms. The Morgan fingerprint density at radius 1 is 1.28 bits per heavy atom. The number of likely N-dealkylation sites (tertiary alicyclic amines) is 1. The highest BCUT2D eigenvalue weighted by Gasteiger charge is 2.51. The second kappa shape index (κ2) is 4.82. The summed E-state index contributed by atoms with van der Waals surface area (Å²) in [5, 5.41) is 3.39. The number of hydrogen-bond acceptors (Lipinski definition) is 3. The summed E-state index contributed by atoms with van der Waals surface area (Å²) < 4.78 is 0. The van der Waals surface area contributed by atoms with Crippen LogP contribution in [0.1, 0.15) is 32.6 Å². The minimum Gasteiger partial charge on any atom is -0.341 e. The monoisotopic (exact) mass is 251 g/mol. The van der Waals surface area contributed by atoms with Gasteiger partial charge in [0, 0.05) is 50.7 Å². The van der Waals surface area contributed by atoms with Gasteiger partial charge >= 0.3 is 0 Å². The fourth-order valence-electron chi connectivity index (χ4n) is 3.48. The molecule has 0 aromatic rings. The van der Waals surface area contributed by atoms with Crippen molar-refractivity contribution in [3.05, 3.63) is 0 Å². The molecule has 18 heavy (non-hydrogen) atoms. The van der Waals surface area contributed by atoms with E-state index in [0.29, 0.717) is 11.9 Å². The molecule has 4 heteroatoms. The average Bonchev–Trinajstić information content (AvgIpc) is 3.08. The smallest absolute Gasteiger partial charge is 0.228 e. The van der Waals surface area contributed by atoms with Crippen molar-refractivity contribution in [3.63, 3.8) is 0 Å². The van der Waals surface area contributed by atoms with E-state index < -0.39 is 0 Å². The number of carbonyl (C=O) groups is 1. The third-order valence-corrected chi connectivity index (χ3v) is 5.10. The first-order chi connectivity index (χ1) is 8.75. The quantitative estimate of drug-likeness (QED) is 0.801. The Bertz CT molecular complexity index is 321. The van der Waals surface area contributed by atoms with Crippen LogP contribution in [0.2, 0.25) is 0 Å². The molecule has 2 heterocycles. The summed E-state index contributed by atoms with van der Waals surface area (Å²) in [6.45, 7) is 8.61. The highest BCUT2D eigenvalue weighted by molar-refractivity contribution is 5.85. The SMILES string of the molecule is CCC1(C(=O)N2CCC(N3CCNCC3)C2)CC1. The maximum Gasteiger partial charge on any atom is 0.228 e. The zero-order chi connectivity index (χ0) is 12.6. The van der Waals surface area contributed by atoms with Gasteiger partial charge in [0.05, 0.1) is 0 Å². The van der Waals surface area contributed by atoms with E-state index in [-0.39, 0.29) is 5.41 Å². The Morgan fingerprint density at radius 3 is 2.61 bits per heavy atom. The van der Waals surface area contributed by atoms with Crippen molar-refractivity contribution in [2.45, 2.75) is 38.6 Å². The van der Waals surface area contributed by atoms with Gasteiger partial charge < -0.3 is 10.2 Å². The van der Waals surface area contributed by atoms with Crippen LogP contribution in [0.25, 0.3) is 0 Å². The van der Waals surface area contributed by atoms with Gasteiger partial charge in [0.1, 0.15) is 0 Å². The molecule has 3 aliphatic rings. The van der Waals surface area contributed by atoms with E-state index in [9.17, 15) is 4.79 Å². The minimum absolute atomic E-state index is 0.0539. The van der Waals surface area contributed by atoms with Gasteiger partial charge in [-0.2, -0.15) is 0 Å². The van der Waals surface area contributed by atoms with Gasteiger partial charge in [0.25, 0.3) is 0 Å². The first-order valence-electron chi connectivity index (χ1n) is 7.49. The zero-order valence-electron chi connectivity index (χ0n) is 11.5. The number of carbonyl (C=O) groups excluding carboxylic acids is 1. The lowest BCUT2D eigenvalue weighted by Gasteiger charge is -2.32. The van der Waals surface area contributed by atoms with Gasteiger partial charge in [-0.15, -0.1) is 0 Å². The van der Waals surface area contributed by atoms with E-state index in [1.165, 1.54) is 6.42 Å². The number of piperazine rings is 1. The van der Waals surface area contributed by atoms with Crippen LogP contribution in [-0.2, 0) is 4.79 Å². The second-order valence-electron chi connectivity index (χ2n) is 6.11. The molecule has 1 amide bonds. The Labute approximate surface area is 110 Å². The molecular weight excluding hydrogens is 226 g/mol. The summed E-state index contributed by atoms with van der Waals surface area (Å²) in [7, 11) is 0. The molecule has 1 unspecified atom stereocenters. The number of amides is 1. The maximum atomic E-state index is 12.5. The van der Waals surface area contributed by atoms with E-state index in [4.69, 9.17) is 0 Å². The Hall–Kier alpha value is -0.610. The molecule has 4 nitrogen and oxygen atoms in total. The Balaban J connectivity index is 1.56. The van der Waals surface area contributed by atoms with Crippen molar-refractivity contribution < 1.29 is 4.79 Å². The maximum absolute atomic E-state index is 12.5. The third kappa shape index (κ3) is 2.16. The summed E-state index contributed by atoms with van der Waals surface area (Å²) in [6, 6.07) is 0.615. The van der Waals surface area contributed by atoms with Gasteiger partial charge in [-0.05, 0) is 25.7 Å². The van der Waals surface area contributed by atoms with E-state index in [2.05, 4.69) is 22.0 Å². The molecular formula is C14H25N3O. The zero-order valence-corrected chi connectivity index (χ0v) is 11.5. The van der Waals surface area contributed by atoms with Crippen LogP contribution in [0.4, 0.5) is 0 Å². The summed E-state index contributed by atoms with van der Waals surface area (Å²) >= 11 is 0. The minimum atomic E-state index is 0.0539. The molecule has 0 radical (unpaired) electrons. The van der Waals surface area contributed by atoms with Crippen LogP contribution >= 0.6 is 0 Å². The van der Waals surface area contributed by atoms with Crippen LogP contribution in [0, 0.1) is 5.41 Å². The molecule has 2 saturated heterocycles. The molecule has 2 aliphatic heterocycles. The van der Waals surface area contributed by atoms with Crippen molar-refractivity contribution in [3.8, 4) is 0 Å². The molecule has 0 bridgehead atoms. The summed E-state index contributed by atoms with van der Waals surface area (Å²) in [4.78, 5) is 17.2. The molecule has 1 saturated carbocycles. The topological polar surface area (TPSA) is 35.6 Å². The van der Waals surface area contributed by atoms with Crippen LogP contribution in [0.5, 0.6) is 0 Å². The van der Waals surface area contributed by atoms with Gasteiger partial charge in [-0.1, -0.05) is 6.92 Å². The first kappa shape index (κ1) is 12.4. The third-order valence-electron chi connectivity index (χ3n) is 5.10. The van der Waals surface area contributed by atoms with Crippen molar-refractivity contribution in [2.75, 3.05) is 39.3 Å². The molecule has 102 valence electrons. The van der Waals surface area contributed by atoms with Crippen molar-refractivity contribution in [1.82, 2.24) is 15.1 Å². The van der Waals surface area contributed by atoms with E-state index in [1.54, 1.807) is 0 Å². The molecule has 0 aromatic heterocycles. The number of nitrogens with one attached hydrogen (secondary N) is 1. The van der Waals surface area contributed by atoms with E-state index in [0.717, 1.165) is 58.5 Å². The Kier molecular flexibility index (Phi) is 3.32. The van der Waals surface area contributed by atoms with Crippen LogP contribution in [0.15, 0.2) is 0 Å². The van der Waals surface area contributed by atoms with Crippen LogP contribution in [0.3, 0.4) is 0 Å². The molecule has 1 N–H and O–H groups in total. The lowest BCUT2D eigenvalue weighted by molar-refractivity contribution is -0.136. The Morgan fingerprint density at radius 2 is 2.00 bits per heavy atom. The predicted molar refractivity (Wildman–Crippen MR) is 71.4 cm³/mol. The highest BCUT2D eigenvalue weighted by Crippen LogP contribution is 2.50. The lowest BCUT2D eigenvalue weighted by Crippen LogP contribution is -2.49. The van der Waals surface area contributed by atoms with Crippen molar-refractivity contribution in [1.29, 1.82) is 0 Å². The van der Waals surface area contributed by atoms with E-state index >= 15 is 0 Å². The number of hydrogen-bond donors (Lipinski definition) is 1. The molecule has 3 fully saturated rings. The predicted octanol–water partition coefficient (Wildman–Crippen LogP) is 0.683.